The Labute approximate surface area is 118 Å². The van der Waals surface area contributed by atoms with Gasteiger partial charge in [-0.15, -0.1) is 0 Å². The topological polar surface area (TPSA) is 75.7 Å². The highest BCUT2D eigenvalue weighted by atomic mass is 35.5. The molecule has 1 aliphatic rings. The Hall–Kier alpha value is -2.15. The van der Waals surface area contributed by atoms with Gasteiger partial charge in [-0.1, -0.05) is 11.6 Å². The van der Waals surface area contributed by atoms with Gasteiger partial charge in [0.2, 0.25) is 11.8 Å². The van der Waals surface area contributed by atoms with E-state index >= 15 is 0 Å². The van der Waals surface area contributed by atoms with E-state index in [1.165, 1.54) is 6.07 Å². The molecule has 0 unspecified atom stereocenters. The lowest BCUT2D eigenvalue weighted by Crippen LogP contribution is -2.54. The van der Waals surface area contributed by atoms with Crippen molar-refractivity contribution in [2.75, 3.05) is 19.7 Å². The van der Waals surface area contributed by atoms with E-state index < -0.39 is 30.1 Å². The molecule has 1 fully saturated rings. The maximum Gasteiger partial charge on any atom is 0.261 e. The van der Waals surface area contributed by atoms with E-state index in [4.69, 9.17) is 16.3 Å². The number of hydrogen-bond donors (Lipinski definition) is 1. The number of halogens is 2. The zero-order valence-electron chi connectivity index (χ0n) is 10.2. The number of benzene rings is 1. The van der Waals surface area contributed by atoms with E-state index in [0.717, 1.165) is 17.0 Å². The Kier molecular flexibility index (Phi) is 4.19. The summed E-state index contributed by atoms with van der Waals surface area (Å²) < 4.78 is 18.0. The molecule has 106 valence electrons. The van der Waals surface area contributed by atoms with Crippen LogP contribution in [0.3, 0.4) is 0 Å². The minimum absolute atomic E-state index is 0.0327. The van der Waals surface area contributed by atoms with Gasteiger partial charge in [0, 0.05) is 0 Å². The zero-order valence-corrected chi connectivity index (χ0v) is 10.9. The Morgan fingerprint density at radius 3 is 2.60 bits per heavy atom. The number of carbonyl (C=O) groups is 3. The van der Waals surface area contributed by atoms with Crippen LogP contribution in [0.5, 0.6) is 5.75 Å². The fourth-order valence-corrected chi connectivity index (χ4v) is 1.86. The molecule has 0 saturated carbocycles. The number of ether oxygens (including phenoxy) is 1. The molecular weight excluding hydrogens is 291 g/mol. The van der Waals surface area contributed by atoms with Crippen LogP contribution in [-0.4, -0.2) is 42.3 Å². The molecule has 20 heavy (non-hydrogen) atoms. The molecule has 0 aromatic heterocycles. The quantitative estimate of drug-likeness (QED) is 0.817. The van der Waals surface area contributed by atoms with Crippen molar-refractivity contribution in [1.82, 2.24) is 10.2 Å². The molecule has 2 rings (SSSR count). The fraction of sp³-hybridized carbons (Fsp3) is 0.250. The first-order chi connectivity index (χ1) is 9.45. The number of amides is 3. The first-order valence-corrected chi connectivity index (χ1v) is 6.02. The molecular formula is C12H10ClFN2O4. The normalized spacial score (nSPS) is 15.0. The van der Waals surface area contributed by atoms with Gasteiger partial charge in [-0.25, -0.2) is 4.39 Å². The first-order valence-electron chi connectivity index (χ1n) is 5.64. The minimum Gasteiger partial charge on any atom is -0.482 e. The van der Waals surface area contributed by atoms with Crippen molar-refractivity contribution in [3.05, 3.63) is 29.0 Å². The van der Waals surface area contributed by atoms with E-state index in [0.29, 0.717) is 0 Å². The Bertz CT molecular complexity index is 563. The lowest BCUT2D eigenvalue weighted by Gasteiger charge is -2.25. The molecule has 1 aromatic carbocycles. The summed E-state index contributed by atoms with van der Waals surface area (Å²) in [5, 5.41) is 2.11. The van der Waals surface area contributed by atoms with Crippen molar-refractivity contribution in [2.45, 2.75) is 0 Å². The summed E-state index contributed by atoms with van der Waals surface area (Å²) >= 11 is 5.74. The molecule has 6 nitrogen and oxygen atoms in total. The second-order valence-electron chi connectivity index (χ2n) is 4.08. The molecule has 0 aliphatic carbocycles. The number of imide groups is 1. The summed E-state index contributed by atoms with van der Waals surface area (Å²) in [5.74, 6) is -2.00. The van der Waals surface area contributed by atoms with Crippen LogP contribution in [0.1, 0.15) is 0 Å². The standard InChI is InChI=1S/C12H10ClFN2O4/c13-8-3-7(14)1-2-9(8)20-6-12(19)16-4-10(17)15-11(18)5-16/h1-3H,4-6H2,(H,15,17,18). The SMILES string of the molecule is O=C1CN(C(=O)COc2ccc(F)cc2Cl)CC(=O)N1. The first kappa shape index (κ1) is 14.3. The number of piperazine rings is 1. The van der Waals surface area contributed by atoms with Crippen molar-refractivity contribution in [3.8, 4) is 5.75 Å². The van der Waals surface area contributed by atoms with Gasteiger partial charge in [0.25, 0.3) is 5.91 Å². The molecule has 1 aromatic rings. The number of rotatable bonds is 3. The highest BCUT2D eigenvalue weighted by molar-refractivity contribution is 6.32. The lowest BCUT2D eigenvalue weighted by atomic mass is 10.3. The molecule has 0 radical (unpaired) electrons. The molecule has 8 heteroatoms. The van der Waals surface area contributed by atoms with Crippen LogP contribution >= 0.6 is 11.6 Å². The number of hydrogen-bond acceptors (Lipinski definition) is 4. The minimum atomic E-state index is -0.547. The summed E-state index contributed by atoms with van der Waals surface area (Å²) in [7, 11) is 0. The maximum atomic E-state index is 12.8. The summed E-state index contributed by atoms with van der Waals surface area (Å²) in [5.41, 5.74) is 0. The van der Waals surface area contributed by atoms with Crippen LogP contribution in [0.2, 0.25) is 5.02 Å². The highest BCUT2D eigenvalue weighted by Crippen LogP contribution is 2.24. The summed E-state index contributed by atoms with van der Waals surface area (Å²) in [6.45, 7) is -0.803. The van der Waals surface area contributed by atoms with E-state index in [1.807, 2.05) is 0 Å². The van der Waals surface area contributed by atoms with Gasteiger partial charge < -0.3 is 9.64 Å². The average Bonchev–Trinajstić information content (AvgIpc) is 2.36. The Morgan fingerprint density at radius 2 is 2.00 bits per heavy atom. The number of nitrogens with zero attached hydrogens (tertiary/aromatic N) is 1. The van der Waals surface area contributed by atoms with Crippen LogP contribution in [0.15, 0.2) is 18.2 Å². The van der Waals surface area contributed by atoms with Crippen LogP contribution < -0.4 is 10.1 Å². The molecule has 3 amide bonds. The van der Waals surface area contributed by atoms with Gasteiger partial charge in [0.15, 0.2) is 6.61 Å². The molecule has 0 atom stereocenters. The lowest BCUT2D eigenvalue weighted by molar-refractivity contribution is -0.146. The van der Waals surface area contributed by atoms with Crippen LogP contribution in [0.25, 0.3) is 0 Å². The van der Waals surface area contributed by atoms with Gasteiger partial charge in [0.1, 0.15) is 24.7 Å². The second-order valence-corrected chi connectivity index (χ2v) is 4.49. The predicted octanol–water partition coefficient (Wildman–Crippen LogP) is 0.343. The smallest absolute Gasteiger partial charge is 0.261 e. The summed E-state index contributed by atoms with van der Waals surface area (Å²) in [6, 6.07) is 3.49. The van der Waals surface area contributed by atoms with Crippen LogP contribution in [-0.2, 0) is 14.4 Å². The fourth-order valence-electron chi connectivity index (χ4n) is 1.64. The zero-order chi connectivity index (χ0) is 14.7. The summed E-state index contributed by atoms with van der Waals surface area (Å²) in [6.07, 6.45) is 0. The maximum absolute atomic E-state index is 12.8. The van der Waals surface area contributed by atoms with Crippen molar-refractivity contribution >= 4 is 29.3 Å². The van der Waals surface area contributed by atoms with Crippen molar-refractivity contribution in [1.29, 1.82) is 0 Å². The third-order valence-electron chi connectivity index (χ3n) is 2.55. The van der Waals surface area contributed by atoms with Crippen molar-refractivity contribution in [2.24, 2.45) is 0 Å². The van der Waals surface area contributed by atoms with Crippen LogP contribution in [0.4, 0.5) is 4.39 Å². The monoisotopic (exact) mass is 300 g/mol. The van der Waals surface area contributed by atoms with Crippen molar-refractivity contribution < 1.29 is 23.5 Å². The molecule has 1 aliphatic heterocycles. The molecule has 1 saturated heterocycles. The summed E-state index contributed by atoms with van der Waals surface area (Å²) in [4.78, 5) is 35.1. The molecule has 0 spiro atoms. The van der Waals surface area contributed by atoms with E-state index in [1.54, 1.807) is 0 Å². The highest BCUT2D eigenvalue weighted by Gasteiger charge is 2.26. The van der Waals surface area contributed by atoms with E-state index in [9.17, 15) is 18.8 Å². The van der Waals surface area contributed by atoms with Gasteiger partial charge >= 0.3 is 0 Å². The van der Waals surface area contributed by atoms with Crippen LogP contribution in [0, 0.1) is 5.82 Å². The number of carbonyl (C=O) groups excluding carboxylic acids is 3. The third-order valence-corrected chi connectivity index (χ3v) is 2.84. The predicted molar refractivity (Wildman–Crippen MR) is 66.6 cm³/mol. The van der Waals surface area contributed by atoms with E-state index in [2.05, 4.69) is 5.32 Å². The largest absolute Gasteiger partial charge is 0.482 e. The van der Waals surface area contributed by atoms with E-state index in [-0.39, 0.29) is 23.9 Å². The Balaban J connectivity index is 1.95. The van der Waals surface area contributed by atoms with Gasteiger partial charge in [-0.3, -0.25) is 19.7 Å². The molecule has 0 bridgehead atoms. The van der Waals surface area contributed by atoms with Crippen molar-refractivity contribution in [3.63, 3.8) is 0 Å². The van der Waals surface area contributed by atoms with Gasteiger partial charge in [-0.2, -0.15) is 0 Å². The second kappa shape index (κ2) is 5.87. The average molecular weight is 301 g/mol. The number of nitrogens with one attached hydrogen (secondary N) is 1. The Morgan fingerprint density at radius 1 is 1.35 bits per heavy atom. The molecule has 1 N–H and O–H groups in total. The van der Waals surface area contributed by atoms with Gasteiger partial charge in [-0.05, 0) is 18.2 Å². The molecule has 1 heterocycles. The van der Waals surface area contributed by atoms with Gasteiger partial charge in [0.05, 0.1) is 5.02 Å². The third kappa shape index (κ3) is 3.45.